The molecule has 0 saturated carbocycles. The van der Waals surface area contributed by atoms with Crippen molar-refractivity contribution in [2.75, 3.05) is 32.6 Å². The molecule has 0 aliphatic carbocycles. The molecule has 0 unspecified atom stereocenters. The van der Waals surface area contributed by atoms with Gasteiger partial charge in [0, 0.05) is 11.8 Å². The normalized spacial score (nSPS) is 11.1. The lowest BCUT2D eigenvalue weighted by Crippen LogP contribution is -2.29. The number of carbonyl (C=O) groups excluding carboxylic acids is 1. The zero-order chi connectivity index (χ0) is 19.9. The summed E-state index contributed by atoms with van der Waals surface area (Å²) in [6, 6.07) is 11.5. The lowest BCUT2D eigenvalue weighted by atomic mass is 10.1. The van der Waals surface area contributed by atoms with Crippen LogP contribution in [0.15, 0.2) is 47.4 Å². The van der Waals surface area contributed by atoms with Gasteiger partial charge in [-0.25, -0.2) is 13.6 Å². The Bertz CT molecular complexity index is 882. The minimum absolute atomic E-state index is 0.0773. The van der Waals surface area contributed by atoms with Gasteiger partial charge in [0.25, 0.3) is 0 Å². The van der Waals surface area contributed by atoms with Gasteiger partial charge in [0.15, 0.2) is 11.5 Å². The Balaban J connectivity index is 1.78. The maximum Gasteiger partial charge on any atom is 0.238 e. The Labute approximate surface area is 158 Å². The molecule has 0 bridgehead atoms. The summed E-state index contributed by atoms with van der Waals surface area (Å²) in [6.45, 7) is 0.706. The summed E-state index contributed by atoms with van der Waals surface area (Å²) in [7, 11) is -0.608. The third-order valence-corrected chi connectivity index (χ3v) is 4.72. The van der Waals surface area contributed by atoms with Crippen LogP contribution >= 0.6 is 0 Å². The van der Waals surface area contributed by atoms with Crippen LogP contribution in [0.2, 0.25) is 0 Å². The third kappa shape index (κ3) is 6.24. The number of anilines is 1. The van der Waals surface area contributed by atoms with Crippen molar-refractivity contribution in [1.82, 2.24) is 5.32 Å². The first-order valence-corrected chi connectivity index (χ1v) is 9.72. The van der Waals surface area contributed by atoms with E-state index in [-0.39, 0.29) is 17.3 Å². The van der Waals surface area contributed by atoms with Crippen LogP contribution in [-0.2, 0) is 21.2 Å². The van der Waals surface area contributed by atoms with Gasteiger partial charge < -0.3 is 20.1 Å². The average molecular weight is 393 g/mol. The van der Waals surface area contributed by atoms with Gasteiger partial charge in [0.05, 0.1) is 25.7 Å². The van der Waals surface area contributed by atoms with E-state index in [4.69, 9.17) is 14.6 Å². The van der Waals surface area contributed by atoms with Crippen LogP contribution in [0.5, 0.6) is 11.5 Å². The molecule has 0 aliphatic heterocycles. The fraction of sp³-hybridized carbons (Fsp3) is 0.278. The molecule has 0 spiro atoms. The topological polar surface area (TPSA) is 120 Å². The van der Waals surface area contributed by atoms with Gasteiger partial charge >= 0.3 is 0 Å². The van der Waals surface area contributed by atoms with E-state index in [1.54, 1.807) is 37.4 Å². The van der Waals surface area contributed by atoms with E-state index < -0.39 is 10.0 Å². The number of hydrogen-bond acceptors (Lipinski definition) is 6. The molecule has 146 valence electrons. The lowest BCUT2D eigenvalue weighted by Gasteiger charge is -2.11. The van der Waals surface area contributed by atoms with Crippen molar-refractivity contribution < 1.29 is 22.7 Å². The Hall–Kier alpha value is -2.62. The third-order valence-electron chi connectivity index (χ3n) is 3.80. The first-order valence-electron chi connectivity index (χ1n) is 8.18. The Morgan fingerprint density at radius 2 is 1.70 bits per heavy atom. The minimum Gasteiger partial charge on any atom is -0.493 e. The number of carbonyl (C=O) groups is 1. The van der Waals surface area contributed by atoms with E-state index in [1.165, 1.54) is 19.2 Å². The van der Waals surface area contributed by atoms with Crippen molar-refractivity contribution in [1.29, 1.82) is 0 Å². The van der Waals surface area contributed by atoms with Crippen LogP contribution in [-0.4, -0.2) is 41.6 Å². The van der Waals surface area contributed by atoms with E-state index in [2.05, 4.69) is 10.6 Å². The number of primary sulfonamides is 1. The quantitative estimate of drug-likeness (QED) is 0.549. The van der Waals surface area contributed by atoms with Crippen LogP contribution in [0.4, 0.5) is 5.69 Å². The van der Waals surface area contributed by atoms with Gasteiger partial charge in [-0.3, -0.25) is 4.79 Å². The Kier molecular flexibility index (Phi) is 7.17. The van der Waals surface area contributed by atoms with Crippen molar-refractivity contribution in [3.63, 3.8) is 0 Å². The monoisotopic (exact) mass is 393 g/mol. The molecule has 9 heteroatoms. The molecule has 1 amide bonds. The van der Waals surface area contributed by atoms with E-state index in [1.807, 2.05) is 0 Å². The Morgan fingerprint density at radius 3 is 2.30 bits per heavy atom. The van der Waals surface area contributed by atoms with E-state index >= 15 is 0 Å². The van der Waals surface area contributed by atoms with E-state index in [0.29, 0.717) is 30.2 Å². The number of sulfonamides is 1. The summed E-state index contributed by atoms with van der Waals surface area (Å²) >= 11 is 0. The van der Waals surface area contributed by atoms with Gasteiger partial charge in [-0.15, -0.1) is 0 Å². The summed E-state index contributed by atoms with van der Waals surface area (Å²) in [4.78, 5) is 12.1. The summed E-state index contributed by atoms with van der Waals surface area (Å²) in [5.74, 6) is 0.931. The summed E-state index contributed by atoms with van der Waals surface area (Å²) < 4.78 is 32.8. The highest BCUT2D eigenvalue weighted by Crippen LogP contribution is 2.29. The van der Waals surface area contributed by atoms with Crippen LogP contribution < -0.4 is 25.2 Å². The fourth-order valence-electron chi connectivity index (χ4n) is 2.40. The number of rotatable bonds is 9. The van der Waals surface area contributed by atoms with Crippen molar-refractivity contribution in [3.05, 3.63) is 48.0 Å². The predicted molar refractivity (Wildman–Crippen MR) is 103 cm³/mol. The number of nitrogens with two attached hydrogens (primary N) is 1. The molecule has 2 aromatic carbocycles. The number of methoxy groups -OCH3 is 2. The summed E-state index contributed by atoms with van der Waals surface area (Å²) in [6.07, 6.45) is 0.647. The zero-order valence-electron chi connectivity index (χ0n) is 15.2. The van der Waals surface area contributed by atoms with Gasteiger partial charge in [0.2, 0.25) is 15.9 Å². The minimum atomic E-state index is -3.68. The van der Waals surface area contributed by atoms with Crippen LogP contribution in [0.1, 0.15) is 5.56 Å². The summed E-state index contributed by atoms with van der Waals surface area (Å²) in [5.41, 5.74) is 1.55. The molecule has 4 N–H and O–H groups in total. The van der Waals surface area contributed by atoms with Crippen LogP contribution in [0.3, 0.4) is 0 Å². The van der Waals surface area contributed by atoms with Crippen LogP contribution in [0.25, 0.3) is 0 Å². The number of amides is 1. The molecule has 2 rings (SSSR count). The number of ether oxygens (including phenoxy) is 2. The first-order chi connectivity index (χ1) is 12.8. The highest BCUT2D eigenvalue weighted by atomic mass is 32.2. The number of hydrogen-bond donors (Lipinski definition) is 3. The molecular weight excluding hydrogens is 370 g/mol. The van der Waals surface area contributed by atoms with E-state index in [0.717, 1.165) is 5.56 Å². The smallest absolute Gasteiger partial charge is 0.238 e. The van der Waals surface area contributed by atoms with Crippen molar-refractivity contribution >= 4 is 21.6 Å². The highest BCUT2D eigenvalue weighted by molar-refractivity contribution is 7.89. The molecular formula is C18H23N3O5S. The molecule has 0 radical (unpaired) electrons. The Morgan fingerprint density at radius 1 is 1.04 bits per heavy atom. The SMILES string of the molecule is COc1ccc(NC(=O)CNCCc2ccc(S(N)(=O)=O)cc2)cc1OC. The zero-order valence-corrected chi connectivity index (χ0v) is 16.0. The molecule has 0 aromatic heterocycles. The second kappa shape index (κ2) is 9.36. The number of nitrogens with one attached hydrogen (secondary N) is 2. The van der Waals surface area contributed by atoms with Crippen molar-refractivity contribution in [2.45, 2.75) is 11.3 Å². The molecule has 0 atom stereocenters. The lowest BCUT2D eigenvalue weighted by molar-refractivity contribution is -0.115. The molecule has 0 heterocycles. The standard InChI is InChI=1S/C18H23N3O5S/c1-25-16-8-5-14(11-17(16)26-2)21-18(22)12-20-10-9-13-3-6-15(7-4-13)27(19,23)24/h3-8,11,20H,9-10,12H2,1-2H3,(H,21,22)(H2,19,23,24). The fourth-order valence-corrected chi connectivity index (χ4v) is 2.92. The van der Waals surface area contributed by atoms with Gasteiger partial charge in [0.1, 0.15) is 0 Å². The molecule has 0 fully saturated rings. The van der Waals surface area contributed by atoms with E-state index in [9.17, 15) is 13.2 Å². The van der Waals surface area contributed by atoms with Crippen LogP contribution in [0, 0.1) is 0 Å². The number of benzene rings is 2. The molecule has 27 heavy (non-hydrogen) atoms. The van der Waals surface area contributed by atoms with Crippen molar-refractivity contribution in [3.8, 4) is 11.5 Å². The second-order valence-corrected chi connectivity index (χ2v) is 7.30. The molecule has 0 saturated heterocycles. The molecule has 2 aromatic rings. The first kappa shape index (κ1) is 20.7. The average Bonchev–Trinajstić information content (AvgIpc) is 2.64. The highest BCUT2D eigenvalue weighted by Gasteiger charge is 2.08. The van der Waals surface area contributed by atoms with Crippen molar-refractivity contribution in [2.24, 2.45) is 5.14 Å². The maximum atomic E-state index is 12.0. The second-order valence-electron chi connectivity index (χ2n) is 5.73. The predicted octanol–water partition coefficient (Wildman–Crippen LogP) is 1.12. The summed E-state index contributed by atoms with van der Waals surface area (Å²) in [5, 5.41) is 10.9. The molecule has 0 aliphatic rings. The molecule has 8 nitrogen and oxygen atoms in total. The largest absolute Gasteiger partial charge is 0.493 e. The van der Waals surface area contributed by atoms with Gasteiger partial charge in [-0.1, -0.05) is 12.1 Å². The van der Waals surface area contributed by atoms with Gasteiger partial charge in [-0.2, -0.15) is 0 Å². The van der Waals surface area contributed by atoms with Gasteiger partial charge in [-0.05, 0) is 42.8 Å². The maximum absolute atomic E-state index is 12.0.